The second-order valence-electron chi connectivity index (χ2n) is 6.13. The minimum atomic E-state index is 1.08. The predicted molar refractivity (Wildman–Crippen MR) is 90.4 cm³/mol. The SMILES string of the molecule is CN(C)CCC1=C(Cc2ccccc2)Cc2ccccc21. The van der Waals surface area contributed by atoms with Gasteiger partial charge in [-0.15, -0.1) is 0 Å². The maximum absolute atomic E-state index is 2.29. The Hall–Kier alpha value is -1.86. The molecule has 0 aliphatic heterocycles. The largest absolute Gasteiger partial charge is 0.309 e. The molecule has 0 amide bonds. The van der Waals surface area contributed by atoms with Crippen LogP contribution in [0.1, 0.15) is 23.1 Å². The molecule has 1 aliphatic rings. The maximum atomic E-state index is 2.29. The number of hydrogen-bond acceptors (Lipinski definition) is 1. The zero-order chi connectivity index (χ0) is 14.7. The first-order chi connectivity index (χ1) is 10.2. The number of fused-ring (bicyclic) bond motifs is 1. The molecule has 0 spiro atoms. The number of benzene rings is 2. The lowest BCUT2D eigenvalue weighted by Crippen LogP contribution is -2.13. The van der Waals surface area contributed by atoms with Crippen LogP contribution in [0.4, 0.5) is 0 Å². The summed E-state index contributed by atoms with van der Waals surface area (Å²) in [7, 11) is 4.30. The van der Waals surface area contributed by atoms with E-state index in [1.807, 2.05) is 0 Å². The van der Waals surface area contributed by atoms with E-state index in [4.69, 9.17) is 0 Å². The van der Waals surface area contributed by atoms with Crippen LogP contribution in [0.25, 0.3) is 5.57 Å². The predicted octanol–water partition coefficient (Wildman–Crippen LogP) is 4.19. The molecule has 2 aromatic carbocycles. The first-order valence-electron chi connectivity index (χ1n) is 7.72. The topological polar surface area (TPSA) is 3.24 Å². The molecule has 0 radical (unpaired) electrons. The Balaban J connectivity index is 1.89. The molecule has 0 saturated heterocycles. The van der Waals surface area contributed by atoms with E-state index < -0.39 is 0 Å². The van der Waals surface area contributed by atoms with E-state index in [2.05, 4.69) is 73.6 Å². The minimum Gasteiger partial charge on any atom is -0.309 e. The molecule has 0 heterocycles. The van der Waals surface area contributed by atoms with Crippen LogP contribution in [0.3, 0.4) is 0 Å². The second kappa shape index (κ2) is 6.28. The maximum Gasteiger partial charge on any atom is 0.00159 e. The summed E-state index contributed by atoms with van der Waals surface area (Å²) >= 11 is 0. The van der Waals surface area contributed by atoms with Gasteiger partial charge in [0.15, 0.2) is 0 Å². The molecule has 0 aromatic heterocycles. The van der Waals surface area contributed by atoms with Crippen molar-refractivity contribution in [1.82, 2.24) is 4.90 Å². The van der Waals surface area contributed by atoms with E-state index in [-0.39, 0.29) is 0 Å². The highest BCUT2D eigenvalue weighted by atomic mass is 15.0. The molecule has 0 bridgehead atoms. The van der Waals surface area contributed by atoms with Crippen molar-refractivity contribution in [2.75, 3.05) is 20.6 Å². The summed E-state index contributed by atoms with van der Waals surface area (Å²) in [5.74, 6) is 0. The highest BCUT2D eigenvalue weighted by Crippen LogP contribution is 2.36. The van der Waals surface area contributed by atoms with E-state index >= 15 is 0 Å². The van der Waals surface area contributed by atoms with Gasteiger partial charge in [-0.1, -0.05) is 60.2 Å². The van der Waals surface area contributed by atoms with E-state index in [0.717, 1.165) is 25.8 Å². The highest BCUT2D eigenvalue weighted by Gasteiger charge is 2.20. The second-order valence-corrected chi connectivity index (χ2v) is 6.13. The Morgan fingerprint density at radius 2 is 1.62 bits per heavy atom. The molecule has 0 atom stereocenters. The van der Waals surface area contributed by atoms with Crippen LogP contribution < -0.4 is 0 Å². The van der Waals surface area contributed by atoms with E-state index in [1.165, 1.54) is 16.7 Å². The van der Waals surface area contributed by atoms with Crippen LogP contribution >= 0.6 is 0 Å². The van der Waals surface area contributed by atoms with Crippen molar-refractivity contribution >= 4 is 5.57 Å². The fourth-order valence-electron chi connectivity index (χ4n) is 3.15. The van der Waals surface area contributed by atoms with Crippen molar-refractivity contribution in [2.24, 2.45) is 0 Å². The summed E-state index contributed by atoms with van der Waals surface area (Å²) in [6.45, 7) is 1.11. The first kappa shape index (κ1) is 14.1. The van der Waals surface area contributed by atoms with Crippen LogP contribution in [-0.2, 0) is 12.8 Å². The van der Waals surface area contributed by atoms with Gasteiger partial charge in [0.2, 0.25) is 0 Å². The zero-order valence-corrected chi connectivity index (χ0v) is 13.0. The molecular weight excluding hydrogens is 254 g/mol. The van der Waals surface area contributed by atoms with E-state index in [0.29, 0.717) is 0 Å². The fourth-order valence-corrected chi connectivity index (χ4v) is 3.15. The Labute approximate surface area is 127 Å². The van der Waals surface area contributed by atoms with Gasteiger partial charge in [0.05, 0.1) is 0 Å². The smallest absolute Gasteiger partial charge is 0.00159 e. The standard InChI is InChI=1S/C20H23N/c1-21(2)13-12-20-18(14-16-8-4-3-5-9-16)15-17-10-6-7-11-19(17)20/h3-11H,12-15H2,1-2H3. The summed E-state index contributed by atoms with van der Waals surface area (Å²) in [5.41, 5.74) is 7.57. The van der Waals surface area contributed by atoms with Gasteiger partial charge in [-0.05, 0) is 55.6 Å². The van der Waals surface area contributed by atoms with E-state index in [1.54, 1.807) is 11.1 Å². The highest BCUT2D eigenvalue weighted by molar-refractivity contribution is 5.76. The third kappa shape index (κ3) is 3.25. The average Bonchev–Trinajstić information content (AvgIpc) is 2.83. The van der Waals surface area contributed by atoms with Gasteiger partial charge in [0.25, 0.3) is 0 Å². The van der Waals surface area contributed by atoms with Gasteiger partial charge >= 0.3 is 0 Å². The van der Waals surface area contributed by atoms with Gasteiger partial charge in [0.1, 0.15) is 0 Å². The molecule has 1 aliphatic carbocycles. The first-order valence-corrected chi connectivity index (χ1v) is 7.72. The van der Waals surface area contributed by atoms with E-state index in [9.17, 15) is 0 Å². The monoisotopic (exact) mass is 277 g/mol. The molecular formula is C20H23N. The molecule has 2 aromatic rings. The quantitative estimate of drug-likeness (QED) is 0.792. The Morgan fingerprint density at radius 3 is 2.38 bits per heavy atom. The fraction of sp³-hybridized carbons (Fsp3) is 0.300. The number of hydrogen-bond donors (Lipinski definition) is 0. The minimum absolute atomic E-state index is 1.08. The summed E-state index contributed by atoms with van der Waals surface area (Å²) in [5, 5.41) is 0. The van der Waals surface area contributed by atoms with Crippen LogP contribution in [0.5, 0.6) is 0 Å². The third-order valence-electron chi connectivity index (χ3n) is 4.24. The zero-order valence-electron chi connectivity index (χ0n) is 13.0. The molecule has 0 saturated carbocycles. The number of allylic oxidation sites excluding steroid dienone is 1. The molecule has 21 heavy (non-hydrogen) atoms. The molecule has 0 N–H and O–H groups in total. The van der Waals surface area contributed by atoms with Crippen LogP contribution in [-0.4, -0.2) is 25.5 Å². The Bertz CT molecular complexity index is 638. The van der Waals surface area contributed by atoms with Crippen molar-refractivity contribution in [3.63, 3.8) is 0 Å². The molecule has 108 valence electrons. The molecule has 1 nitrogen and oxygen atoms in total. The van der Waals surface area contributed by atoms with Gasteiger partial charge in [-0.3, -0.25) is 0 Å². The normalized spacial score (nSPS) is 13.9. The lowest BCUT2D eigenvalue weighted by atomic mass is 9.98. The number of nitrogens with zero attached hydrogens (tertiary/aromatic N) is 1. The van der Waals surface area contributed by atoms with Gasteiger partial charge in [-0.25, -0.2) is 0 Å². The lowest BCUT2D eigenvalue weighted by Gasteiger charge is -2.13. The Morgan fingerprint density at radius 1 is 0.905 bits per heavy atom. The van der Waals surface area contributed by atoms with Crippen molar-refractivity contribution < 1.29 is 0 Å². The van der Waals surface area contributed by atoms with Crippen LogP contribution in [0, 0.1) is 0 Å². The average molecular weight is 277 g/mol. The summed E-state index contributed by atoms with van der Waals surface area (Å²) in [6.07, 6.45) is 3.35. The third-order valence-corrected chi connectivity index (χ3v) is 4.24. The van der Waals surface area contributed by atoms with Gasteiger partial charge in [-0.2, -0.15) is 0 Å². The summed E-state index contributed by atoms with van der Waals surface area (Å²) in [4.78, 5) is 2.27. The lowest BCUT2D eigenvalue weighted by molar-refractivity contribution is 0.419. The van der Waals surface area contributed by atoms with Crippen molar-refractivity contribution in [1.29, 1.82) is 0 Å². The van der Waals surface area contributed by atoms with Crippen LogP contribution in [0.15, 0.2) is 60.2 Å². The van der Waals surface area contributed by atoms with Crippen molar-refractivity contribution in [3.05, 3.63) is 76.9 Å². The molecule has 1 heteroatoms. The van der Waals surface area contributed by atoms with Gasteiger partial charge < -0.3 is 4.90 Å². The van der Waals surface area contributed by atoms with Crippen LogP contribution in [0.2, 0.25) is 0 Å². The molecule has 0 fully saturated rings. The Kier molecular flexibility index (Phi) is 4.21. The van der Waals surface area contributed by atoms with Crippen molar-refractivity contribution in [2.45, 2.75) is 19.3 Å². The molecule has 0 unspecified atom stereocenters. The van der Waals surface area contributed by atoms with Gasteiger partial charge in [0, 0.05) is 6.54 Å². The van der Waals surface area contributed by atoms with Crippen molar-refractivity contribution in [3.8, 4) is 0 Å². The summed E-state index contributed by atoms with van der Waals surface area (Å²) in [6, 6.07) is 19.7. The molecule has 3 rings (SSSR count). The number of rotatable bonds is 5. The summed E-state index contributed by atoms with van der Waals surface area (Å²) < 4.78 is 0.